The molecule has 0 bridgehead atoms. The first-order valence-corrected chi connectivity index (χ1v) is 15.9. The van der Waals surface area contributed by atoms with Crippen molar-refractivity contribution in [2.45, 2.75) is 64.6 Å². The molecule has 3 aromatic carbocycles. The van der Waals surface area contributed by atoms with E-state index < -0.39 is 43.1 Å². The molecule has 1 heterocycles. The zero-order valence-corrected chi connectivity index (χ0v) is 26.1. The summed E-state index contributed by atoms with van der Waals surface area (Å²) in [7, 11) is -4.07. The standard InChI is InChI=1S/C32H38N3O8P/c1-23(33-30(37)40-22-24-12-7-5-8-13-24)29(36)35-21-11-16-28(35)44(39,42-26-14-9-6-10-15-26)43-27-19-17-25(18-20-27)34-31(38)41-32(2,3)4/h5-10,12-15,17-20,23,28H,11,16,21-22H2,1-4H3,(H,33,37)(H,34,38). The molecule has 12 heteroatoms. The van der Waals surface area contributed by atoms with Gasteiger partial charge in [0, 0.05) is 12.2 Å². The van der Waals surface area contributed by atoms with Gasteiger partial charge in [0.1, 0.15) is 29.7 Å². The van der Waals surface area contributed by atoms with E-state index in [4.69, 9.17) is 18.5 Å². The zero-order chi connectivity index (χ0) is 31.7. The van der Waals surface area contributed by atoms with Crippen molar-refractivity contribution in [1.82, 2.24) is 10.2 Å². The van der Waals surface area contributed by atoms with E-state index in [1.165, 1.54) is 4.90 Å². The number of alkyl carbamates (subject to hydrolysis) is 1. The average Bonchev–Trinajstić information content (AvgIpc) is 3.48. The number of ether oxygens (including phenoxy) is 2. The number of hydrogen-bond acceptors (Lipinski definition) is 8. The summed E-state index contributed by atoms with van der Waals surface area (Å²) in [5, 5.41) is 5.20. The van der Waals surface area contributed by atoms with Crippen LogP contribution in [0, 0.1) is 0 Å². The molecule has 3 amide bonds. The SMILES string of the molecule is CC(NC(=O)OCc1ccccc1)C(=O)N1CCCC1P(=O)(Oc1ccccc1)Oc1ccc(NC(=O)OC(C)(C)C)cc1. The minimum Gasteiger partial charge on any atom is -0.445 e. The lowest BCUT2D eigenvalue weighted by Gasteiger charge is -2.32. The van der Waals surface area contributed by atoms with Crippen molar-refractivity contribution in [3.05, 3.63) is 90.5 Å². The lowest BCUT2D eigenvalue weighted by molar-refractivity contribution is -0.132. The van der Waals surface area contributed by atoms with Crippen molar-refractivity contribution in [2.24, 2.45) is 0 Å². The summed E-state index contributed by atoms with van der Waals surface area (Å²) in [5.74, 6) is -0.830. The fraction of sp³-hybridized carbons (Fsp3) is 0.344. The lowest BCUT2D eigenvalue weighted by Crippen LogP contribution is -2.49. The van der Waals surface area contributed by atoms with E-state index in [9.17, 15) is 18.9 Å². The van der Waals surface area contributed by atoms with Gasteiger partial charge in [0.2, 0.25) is 5.91 Å². The third kappa shape index (κ3) is 9.25. The minimum absolute atomic E-state index is 0.0555. The fourth-order valence-corrected chi connectivity index (χ4v) is 6.70. The zero-order valence-electron chi connectivity index (χ0n) is 25.2. The number of likely N-dealkylation sites (tertiary alicyclic amines) is 1. The molecule has 3 unspecified atom stereocenters. The van der Waals surface area contributed by atoms with E-state index in [1.807, 2.05) is 30.3 Å². The molecule has 0 radical (unpaired) electrons. The first-order valence-electron chi connectivity index (χ1n) is 14.3. The second kappa shape index (κ2) is 14.3. The van der Waals surface area contributed by atoms with Crippen LogP contribution in [0.1, 0.15) is 46.1 Å². The van der Waals surface area contributed by atoms with E-state index >= 15 is 0 Å². The van der Waals surface area contributed by atoms with Crippen molar-refractivity contribution in [2.75, 3.05) is 11.9 Å². The molecule has 44 heavy (non-hydrogen) atoms. The molecule has 2 N–H and O–H groups in total. The highest BCUT2D eigenvalue weighted by Crippen LogP contribution is 2.57. The van der Waals surface area contributed by atoms with Crippen LogP contribution < -0.4 is 19.7 Å². The van der Waals surface area contributed by atoms with Gasteiger partial charge in [-0.1, -0.05) is 48.5 Å². The Balaban J connectivity index is 1.47. The number of nitrogens with zero attached hydrogens (tertiary/aromatic N) is 1. The van der Waals surface area contributed by atoms with Gasteiger partial charge in [0.25, 0.3) is 0 Å². The first-order chi connectivity index (χ1) is 20.9. The molecule has 3 aromatic rings. The summed E-state index contributed by atoms with van der Waals surface area (Å²) in [6.45, 7) is 7.19. The molecule has 0 saturated carbocycles. The highest BCUT2D eigenvalue weighted by molar-refractivity contribution is 7.55. The molecule has 1 saturated heterocycles. The van der Waals surface area contributed by atoms with Gasteiger partial charge in [-0.25, -0.2) is 14.2 Å². The van der Waals surface area contributed by atoms with Gasteiger partial charge >= 0.3 is 19.8 Å². The van der Waals surface area contributed by atoms with Crippen molar-refractivity contribution >= 4 is 31.4 Å². The number of amides is 3. The van der Waals surface area contributed by atoms with Crippen molar-refractivity contribution < 1.29 is 37.5 Å². The Morgan fingerprint density at radius 1 is 0.886 bits per heavy atom. The number of rotatable bonds is 10. The number of nitrogens with one attached hydrogen (secondary N) is 2. The Hall–Kier alpha value is -4.50. The Bertz CT molecular complexity index is 1460. The van der Waals surface area contributed by atoms with E-state index in [2.05, 4.69) is 10.6 Å². The van der Waals surface area contributed by atoms with Crippen LogP contribution >= 0.6 is 7.60 Å². The molecule has 0 aliphatic carbocycles. The summed E-state index contributed by atoms with van der Waals surface area (Å²) in [6.07, 6.45) is -0.438. The van der Waals surface area contributed by atoms with Crippen molar-refractivity contribution in [3.63, 3.8) is 0 Å². The van der Waals surface area contributed by atoms with E-state index in [-0.39, 0.29) is 12.4 Å². The van der Waals surface area contributed by atoms with Crippen LogP contribution in [-0.2, 0) is 25.4 Å². The van der Waals surface area contributed by atoms with Gasteiger partial charge in [-0.15, -0.1) is 0 Å². The quantitative estimate of drug-likeness (QED) is 0.232. The molecule has 1 fully saturated rings. The van der Waals surface area contributed by atoms with Crippen LogP contribution in [0.25, 0.3) is 0 Å². The normalized spacial score (nSPS) is 16.6. The van der Waals surface area contributed by atoms with Crippen LogP contribution in [-0.4, -0.2) is 47.0 Å². The van der Waals surface area contributed by atoms with Gasteiger partial charge in [-0.2, -0.15) is 0 Å². The second-order valence-electron chi connectivity index (χ2n) is 11.3. The predicted molar refractivity (Wildman–Crippen MR) is 166 cm³/mol. The highest BCUT2D eigenvalue weighted by atomic mass is 31.2. The summed E-state index contributed by atoms with van der Waals surface area (Å²) in [5.41, 5.74) is 0.599. The average molecular weight is 624 g/mol. The van der Waals surface area contributed by atoms with Gasteiger partial charge in [0.15, 0.2) is 5.78 Å². The largest absolute Gasteiger partial charge is 0.453 e. The molecule has 1 aliphatic rings. The molecule has 234 valence electrons. The number of carbonyl (C=O) groups is 3. The van der Waals surface area contributed by atoms with Gasteiger partial charge < -0.3 is 28.7 Å². The highest BCUT2D eigenvalue weighted by Gasteiger charge is 2.48. The summed E-state index contributed by atoms with van der Waals surface area (Å²) in [4.78, 5) is 39.5. The molecular weight excluding hydrogens is 585 g/mol. The Labute approximate surface area is 257 Å². The van der Waals surface area contributed by atoms with E-state index in [0.29, 0.717) is 30.8 Å². The van der Waals surface area contributed by atoms with E-state index in [0.717, 1.165) is 5.56 Å². The number of anilines is 1. The summed E-state index contributed by atoms with van der Waals surface area (Å²) < 4.78 is 37.1. The maximum Gasteiger partial charge on any atom is 0.453 e. The van der Waals surface area contributed by atoms with Crippen LogP contribution in [0.5, 0.6) is 11.5 Å². The molecule has 4 rings (SSSR count). The lowest BCUT2D eigenvalue weighted by atomic mass is 10.2. The van der Waals surface area contributed by atoms with Gasteiger partial charge in [-0.3, -0.25) is 10.1 Å². The molecule has 0 spiro atoms. The Morgan fingerprint density at radius 3 is 2.09 bits per heavy atom. The van der Waals surface area contributed by atoms with Crippen molar-refractivity contribution in [1.29, 1.82) is 0 Å². The van der Waals surface area contributed by atoms with Gasteiger partial charge in [0.05, 0.1) is 0 Å². The second-order valence-corrected chi connectivity index (χ2v) is 13.3. The minimum atomic E-state index is -4.07. The number of hydrogen-bond donors (Lipinski definition) is 2. The fourth-order valence-electron chi connectivity index (χ4n) is 4.52. The summed E-state index contributed by atoms with van der Waals surface area (Å²) >= 11 is 0. The van der Waals surface area contributed by atoms with Crippen LogP contribution in [0.15, 0.2) is 84.9 Å². The molecular formula is C32H38N3O8P. The molecule has 1 aliphatic heterocycles. The number of benzene rings is 3. The Kier molecular flexibility index (Phi) is 10.5. The Morgan fingerprint density at radius 2 is 1.48 bits per heavy atom. The van der Waals surface area contributed by atoms with E-state index in [1.54, 1.807) is 82.3 Å². The maximum atomic E-state index is 14.6. The third-order valence-electron chi connectivity index (χ3n) is 6.49. The topological polar surface area (TPSA) is 132 Å². The predicted octanol–water partition coefficient (Wildman–Crippen LogP) is 6.95. The van der Waals surface area contributed by atoms with Crippen molar-refractivity contribution in [3.8, 4) is 11.5 Å². The number of carbonyl (C=O) groups excluding carboxylic acids is 3. The molecule has 11 nitrogen and oxygen atoms in total. The number of para-hydroxylation sites is 1. The van der Waals surface area contributed by atoms with Crippen LogP contribution in [0.3, 0.4) is 0 Å². The first kappa shape index (κ1) is 32.4. The van der Waals surface area contributed by atoms with Gasteiger partial charge in [-0.05, 0) is 82.5 Å². The molecule has 3 atom stereocenters. The monoisotopic (exact) mass is 623 g/mol. The smallest absolute Gasteiger partial charge is 0.445 e. The van der Waals surface area contributed by atoms with Crippen LogP contribution in [0.2, 0.25) is 0 Å². The van der Waals surface area contributed by atoms with Crippen LogP contribution in [0.4, 0.5) is 15.3 Å². The molecule has 0 aromatic heterocycles. The third-order valence-corrected chi connectivity index (χ3v) is 8.69. The maximum absolute atomic E-state index is 14.6. The summed E-state index contributed by atoms with van der Waals surface area (Å²) in [6, 6.07) is 23.0.